The number of ether oxygens (including phenoxy) is 1. The lowest BCUT2D eigenvalue weighted by Crippen LogP contribution is -2.23. The third-order valence-electron chi connectivity index (χ3n) is 3.97. The second kappa shape index (κ2) is 7.52. The van der Waals surface area contributed by atoms with Crippen LogP contribution in [0.25, 0.3) is 0 Å². The van der Waals surface area contributed by atoms with Crippen LogP contribution in [-0.2, 0) is 11.8 Å². The van der Waals surface area contributed by atoms with Gasteiger partial charge in [-0.2, -0.15) is 10.4 Å². The van der Waals surface area contributed by atoms with E-state index in [4.69, 9.17) is 21.6 Å². The SMILES string of the molecule is CC(=O)N(c1ccc(Oc2ccc(C#N)cc2)cc1)c1c(C)nn(C)c1Cl. The molecule has 1 heterocycles. The highest BCUT2D eigenvalue weighted by Gasteiger charge is 2.23. The normalized spacial score (nSPS) is 10.3. The fourth-order valence-corrected chi connectivity index (χ4v) is 3.00. The number of rotatable bonds is 4. The highest BCUT2D eigenvalue weighted by molar-refractivity contribution is 6.33. The van der Waals surface area contributed by atoms with Crippen LogP contribution in [0.1, 0.15) is 18.2 Å². The van der Waals surface area contributed by atoms with Crippen LogP contribution in [0.3, 0.4) is 0 Å². The fourth-order valence-electron chi connectivity index (χ4n) is 2.74. The Balaban J connectivity index is 1.88. The zero-order valence-electron chi connectivity index (χ0n) is 15.1. The molecule has 136 valence electrons. The summed E-state index contributed by atoms with van der Waals surface area (Å²) in [7, 11) is 1.73. The number of hydrogen-bond acceptors (Lipinski definition) is 4. The van der Waals surface area contributed by atoms with Gasteiger partial charge < -0.3 is 4.74 Å². The molecule has 0 unspecified atom stereocenters. The van der Waals surface area contributed by atoms with Gasteiger partial charge in [0, 0.05) is 19.7 Å². The van der Waals surface area contributed by atoms with Crippen molar-refractivity contribution in [2.45, 2.75) is 13.8 Å². The Bertz CT molecular complexity index is 1020. The van der Waals surface area contributed by atoms with E-state index >= 15 is 0 Å². The number of amides is 1. The first-order chi connectivity index (χ1) is 12.9. The molecule has 0 saturated carbocycles. The van der Waals surface area contributed by atoms with Gasteiger partial charge in [0.15, 0.2) is 5.15 Å². The van der Waals surface area contributed by atoms with E-state index in [2.05, 4.69) is 11.2 Å². The fraction of sp³-hybridized carbons (Fsp3) is 0.150. The smallest absolute Gasteiger partial charge is 0.228 e. The maximum Gasteiger partial charge on any atom is 0.228 e. The van der Waals surface area contributed by atoms with E-state index in [0.717, 1.165) is 0 Å². The zero-order valence-corrected chi connectivity index (χ0v) is 15.9. The molecule has 0 radical (unpaired) electrons. The highest BCUT2D eigenvalue weighted by Crippen LogP contribution is 2.35. The number of aromatic nitrogens is 2. The lowest BCUT2D eigenvalue weighted by atomic mass is 10.2. The molecule has 1 aromatic heterocycles. The molecule has 0 aliphatic carbocycles. The Kier molecular flexibility index (Phi) is 5.15. The first kappa shape index (κ1) is 18.5. The number of nitriles is 1. The topological polar surface area (TPSA) is 71.2 Å². The minimum absolute atomic E-state index is 0.172. The van der Waals surface area contributed by atoms with E-state index in [0.29, 0.717) is 39.3 Å². The third-order valence-corrected chi connectivity index (χ3v) is 4.40. The molecule has 0 spiro atoms. The molecule has 0 saturated heterocycles. The molecule has 7 heteroatoms. The molecular weight excluding hydrogens is 364 g/mol. The lowest BCUT2D eigenvalue weighted by Gasteiger charge is -2.21. The van der Waals surface area contributed by atoms with Crippen molar-refractivity contribution in [3.05, 3.63) is 64.9 Å². The Morgan fingerprint density at radius 3 is 2.15 bits per heavy atom. The van der Waals surface area contributed by atoms with Crippen molar-refractivity contribution < 1.29 is 9.53 Å². The van der Waals surface area contributed by atoms with Gasteiger partial charge in [-0.3, -0.25) is 14.4 Å². The number of carbonyl (C=O) groups excluding carboxylic acids is 1. The second-order valence-corrected chi connectivity index (χ2v) is 6.29. The summed E-state index contributed by atoms with van der Waals surface area (Å²) in [5, 5.41) is 13.5. The van der Waals surface area contributed by atoms with Crippen LogP contribution in [0, 0.1) is 18.3 Å². The molecule has 0 aliphatic rings. The second-order valence-electron chi connectivity index (χ2n) is 5.94. The standard InChI is InChI=1S/C20H17ClN4O2/c1-13-19(20(21)24(3)23-13)25(14(2)26)16-6-10-18(11-7-16)27-17-8-4-15(12-22)5-9-17/h4-11H,1-3H3. The van der Waals surface area contributed by atoms with Gasteiger partial charge in [0.05, 0.1) is 17.3 Å². The number of anilines is 2. The highest BCUT2D eigenvalue weighted by atomic mass is 35.5. The van der Waals surface area contributed by atoms with Gasteiger partial charge in [-0.15, -0.1) is 0 Å². The molecule has 0 bridgehead atoms. The summed E-state index contributed by atoms with van der Waals surface area (Å²) in [6.07, 6.45) is 0. The van der Waals surface area contributed by atoms with Gasteiger partial charge in [0.25, 0.3) is 0 Å². The predicted molar refractivity (Wildman–Crippen MR) is 103 cm³/mol. The number of benzene rings is 2. The van der Waals surface area contributed by atoms with E-state index in [1.165, 1.54) is 16.5 Å². The lowest BCUT2D eigenvalue weighted by molar-refractivity contribution is -0.115. The van der Waals surface area contributed by atoms with E-state index in [-0.39, 0.29) is 5.91 Å². The molecule has 0 N–H and O–H groups in total. The third kappa shape index (κ3) is 3.78. The number of nitrogens with zero attached hydrogens (tertiary/aromatic N) is 4. The Morgan fingerprint density at radius 2 is 1.70 bits per heavy atom. The summed E-state index contributed by atoms with van der Waals surface area (Å²) in [6.45, 7) is 3.28. The van der Waals surface area contributed by atoms with Gasteiger partial charge in [-0.1, -0.05) is 11.6 Å². The Morgan fingerprint density at radius 1 is 1.15 bits per heavy atom. The molecule has 1 amide bonds. The van der Waals surface area contributed by atoms with Crippen molar-refractivity contribution in [1.29, 1.82) is 5.26 Å². The average molecular weight is 381 g/mol. The minimum atomic E-state index is -0.172. The van der Waals surface area contributed by atoms with Crippen LogP contribution >= 0.6 is 11.6 Å². The quantitative estimate of drug-likeness (QED) is 0.656. The molecule has 0 atom stereocenters. The predicted octanol–water partition coefficient (Wildman–Crippen LogP) is 4.73. The van der Waals surface area contributed by atoms with E-state index < -0.39 is 0 Å². The molecule has 0 fully saturated rings. The first-order valence-corrected chi connectivity index (χ1v) is 8.56. The number of halogens is 1. The van der Waals surface area contributed by atoms with Crippen molar-refractivity contribution >= 4 is 28.9 Å². The van der Waals surface area contributed by atoms with Gasteiger partial charge >= 0.3 is 0 Å². The van der Waals surface area contributed by atoms with Crippen LogP contribution in [0.4, 0.5) is 11.4 Å². The minimum Gasteiger partial charge on any atom is -0.457 e. The number of hydrogen-bond donors (Lipinski definition) is 0. The Hall–Kier alpha value is -3.30. The van der Waals surface area contributed by atoms with Crippen LogP contribution in [0.15, 0.2) is 48.5 Å². The van der Waals surface area contributed by atoms with E-state index in [1.54, 1.807) is 62.5 Å². The van der Waals surface area contributed by atoms with E-state index in [9.17, 15) is 4.79 Å². The summed E-state index contributed by atoms with van der Waals surface area (Å²) < 4.78 is 7.31. The van der Waals surface area contributed by atoms with Crippen LogP contribution in [0.2, 0.25) is 5.15 Å². The van der Waals surface area contributed by atoms with E-state index in [1.807, 2.05) is 0 Å². The van der Waals surface area contributed by atoms with Crippen molar-refractivity contribution in [2.75, 3.05) is 4.90 Å². The average Bonchev–Trinajstić information content (AvgIpc) is 2.90. The first-order valence-electron chi connectivity index (χ1n) is 8.18. The Labute approximate surface area is 162 Å². The monoisotopic (exact) mass is 380 g/mol. The van der Waals surface area contributed by atoms with Gasteiger partial charge in [0.2, 0.25) is 5.91 Å². The molecule has 3 rings (SSSR count). The summed E-state index contributed by atoms with van der Waals surface area (Å²) in [4.78, 5) is 13.8. The summed E-state index contributed by atoms with van der Waals surface area (Å²) in [6, 6.07) is 16.0. The van der Waals surface area contributed by atoms with Gasteiger partial charge in [-0.05, 0) is 55.5 Å². The molecule has 27 heavy (non-hydrogen) atoms. The van der Waals surface area contributed by atoms with Gasteiger partial charge in [-0.25, -0.2) is 0 Å². The van der Waals surface area contributed by atoms with Crippen molar-refractivity contribution in [1.82, 2.24) is 9.78 Å². The molecule has 6 nitrogen and oxygen atoms in total. The van der Waals surface area contributed by atoms with Crippen molar-refractivity contribution in [2.24, 2.45) is 7.05 Å². The van der Waals surface area contributed by atoms with Crippen molar-refractivity contribution in [3.8, 4) is 17.6 Å². The van der Waals surface area contributed by atoms with Crippen LogP contribution in [-0.4, -0.2) is 15.7 Å². The van der Waals surface area contributed by atoms with Crippen molar-refractivity contribution in [3.63, 3.8) is 0 Å². The van der Waals surface area contributed by atoms with Crippen LogP contribution < -0.4 is 9.64 Å². The molecule has 2 aromatic carbocycles. The van der Waals surface area contributed by atoms with Gasteiger partial charge in [0.1, 0.15) is 17.2 Å². The van der Waals surface area contributed by atoms with Crippen LogP contribution in [0.5, 0.6) is 11.5 Å². The molecular formula is C20H17ClN4O2. The molecule has 3 aromatic rings. The number of aryl methyl sites for hydroxylation is 2. The summed E-state index contributed by atoms with van der Waals surface area (Å²) >= 11 is 6.33. The molecule has 0 aliphatic heterocycles. The number of carbonyl (C=O) groups is 1. The summed E-state index contributed by atoms with van der Waals surface area (Å²) in [5.41, 5.74) is 2.45. The maximum absolute atomic E-state index is 12.3. The zero-order chi connectivity index (χ0) is 19.6. The largest absolute Gasteiger partial charge is 0.457 e. The summed E-state index contributed by atoms with van der Waals surface area (Å²) in [5.74, 6) is 1.06. The maximum atomic E-state index is 12.3.